The molecule has 1 atom stereocenters. The Labute approximate surface area is 99.7 Å². The molecule has 1 amide bonds. The van der Waals surface area contributed by atoms with Gasteiger partial charge in [0, 0.05) is 12.6 Å². The van der Waals surface area contributed by atoms with E-state index in [1.807, 2.05) is 0 Å². The number of nitrogens with one attached hydrogen (secondary N) is 1. The molecule has 17 heavy (non-hydrogen) atoms. The first-order valence-electron chi connectivity index (χ1n) is 5.15. The molecule has 0 heterocycles. The van der Waals surface area contributed by atoms with Gasteiger partial charge in [0.2, 0.25) is 0 Å². The Kier molecular flexibility index (Phi) is 4.51. The fraction of sp³-hybridized carbons (Fsp3) is 0.333. The summed E-state index contributed by atoms with van der Waals surface area (Å²) in [5.74, 6) is -0.149. The second-order valence-electron chi connectivity index (χ2n) is 3.47. The quantitative estimate of drug-likeness (QED) is 0.807. The molecule has 0 saturated carbocycles. The first-order chi connectivity index (χ1) is 8.02. The molecule has 0 radical (unpaired) electrons. The molecule has 92 valence electrons. The molecule has 1 rings (SSSR count). The van der Waals surface area contributed by atoms with E-state index in [2.05, 4.69) is 5.32 Å². The molecule has 0 unspecified atom stereocenters. The zero-order chi connectivity index (χ0) is 12.8. The summed E-state index contributed by atoms with van der Waals surface area (Å²) in [6, 6.07) is 6.87. The van der Waals surface area contributed by atoms with Gasteiger partial charge in [-0.1, -0.05) is 0 Å². The molecule has 1 N–H and O–H groups in total. The van der Waals surface area contributed by atoms with Gasteiger partial charge in [-0.25, -0.2) is 0 Å². The first kappa shape index (κ1) is 13.0. The summed E-state index contributed by atoms with van der Waals surface area (Å²) in [5, 5.41) is 2.63. The van der Waals surface area contributed by atoms with E-state index < -0.39 is 12.1 Å². The molecule has 0 spiro atoms. The zero-order valence-electron chi connectivity index (χ0n) is 10.0. The van der Waals surface area contributed by atoms with Crippen molar-refractivity contribution >= 4 is 17.6 Å². The van der Waals surface area contributed by atoms with E-state index in [4.69, 9.17) is 9.47 Å². The second kappa shape index (κ2) is 5.89. The fourth-order valence-electron chi connectivity index (χ4n) is 1.22. The van der Waals surface area contributed by atoms with Gasteiger partial charge in [0.1, 0.15) is 5.75 Å². The van der Waals surface area contributed by atoms with Gasteiger partial charge < -0.3 is 14.8 Å². The number of ether oxygens (including phenoxy) is 2. The zero-order valence-corrected chi connectivity index (χ0v) is 10.0. The van der Waals surface area contributed by atoms with Crippen LogP contribution in [0.5, 0.6) is 5.75 Å². The minimum atomic E-state index is -0.811. The van der Waals surface area contributed by atoms with Gasteiger partial charge >= 0.3 is 5.97 Å². The summed E-state index contributed by atoms with van der Waals surface area (Å²) >= 11 is 0. The van der Waals surface area contributed by atoms with Gasteiger partial charge in [-0.15, -0.1) is 0 Å². The maximum Gasteiger partial charge on any atom is 0.303 e. The van der Waals surface area contributed by atoms with Gasteiger partial charge in [-0.05, 0) is 31.2 Å². The molecule has 0 aliphatic rings. The summed E-state index contributed by atoms with van der Waals surface area (Å²) in [5.41, 5.74) is 0.620. The molecule has 0 aliphatic heterocycles. The van der Waals surface area contributed by atoms with E-state index in [-0.39, 0.29) is 5.91 Å². The highest BCUT2D eigenvalue weighted by Crippen LogP contribution is 2.15. The highest BCUT2D eigenvalue weighted by molar-refractivity contribution is 5.94. The summed E-state index contributed by atoms with van der Waals surface area (Å²) in [6.07, 6.45) is -0.811. The summed E-state index contributed by atoms with van der Waals surface area (Å²) < 4.78 is 9.75. The highest BCUT2D eigenvalue weighted by atomic mass is 16.5. The Bertz CT molecular complexity index is 399. The Balaban J connectivity index is 2.58. The normalized spacial score (nSPS) is 11.5. The molecule has 5 nitrogen and oxygen atoms in total. The molecular weight excluding hydrogens is 222 g/mol. The van der Waals surface area contributed by atoms with Crippen LogP contribution >= 0.6 is 0 Å². The van der Waals surface area contributed by atoms with Crippen molar-refractivity contribution in [1.29, 1.82) is 0 Å². The molecule has 0 bridgehead atoms. The largest absolute Gasteiger partial charge is 0.497 e. The summed E-state index contributed by atoms with van der Waals surface area (Å²) in [7, 11) is 1.57. The lowest BCUT2D eigenvalue weighted by atomic mass is 10.3. The van der Waals surface area contributed by atoms with Crippen molar-refractivity contribution in [3.63, 3.8) is 0 Å². The number of hydrogen-bond donors (Lipinski definition) is 1. The van der Waals surface area contributed by atoms with Crippen molar-refractivity contribution in [3.05, 3.63) is 24.3 Å². The van der Waals surface area contributed by atoms with Crippen LogP contribution in [0.1, 0.15) is 13.8 Å². The Morgan fingerprint density at radius 2 is 1.82 bits per heavy atom. The third-order valence-corrected chi connectivity index (χ3v) is 2.07. The standard InChI is InChI=1S/C12H15NO4/c1-8(17-9(2)14)12(15)13-10-4-6-11(16-3)7-5-10/h4-8H,1-3H3,(H,13,15)/t8-/m0/s1. The topological polar surface area (TPSA) is 64.6 Å². The average molecular weight is 237 g/mol. The van der Waals surface area contributed by atoms with Crippen LogP contribution < -0.4 is 10.1 Å². The minimum Gasteiger partial charge on any atom is -0.497 e. The fourth-order valence-corrected chi connectivity index (χ4v) is 1.22. The maximum absolute atomic E-state index is 11.6. The number of methoxy groups -OCH3 is 1. The van der Waals surface area contributed by atoms with E-state index in [1.165, 1.54) is 13.8 Å². The molecule has 1 aromatic carbocycles. The summed E-state index contributed by atoms with van der Waals surface area (Å²) in [6.45, 7) is 2.78. The van der Waals surface area contributed by atoms with E-state index in [0.717, 1.165) is 0 Å². The van der Waals surface area contributed by atoms with Gasteiger partial charge in [0.05, 0.1) is 7.11 Å². The smallest absolute Gasteiger partial charge is 0.303 e. The number of benzene rings is 1. The van der Waals surface area contributed by atoms with Crippen molar-refractivity contribution in [3.8, 4) is 5.75 Å². The van der Waals surface area contributed by atoms with Crippen LogP contribution in [-0.2, 0) is 14.3 Å². The van der Waals surface area contributed by atoms with E-state index in [9.17, 15) is 9.59 Å². The van der Waals surface area contributed by atoms with E-state index in [1.54, 1.807) is 31.4 Å². The SMILES string of the molecule is COc1ccc(NC(=O)[C@H](C)OC(C)=O)cc1. The van der Waals surface area contributed by atoms with Gasteiger partial charge in [-0.3, -0.25) is 9.59 Å². The van der Waals surface area contributed by atoms with Crippen LogP contribution in [-0.4, -0.2) is 25.1 Å². The first-order valence-corrected chi connectivity index (χ1v) is 5.15. The van der Waals surface area contributed by atoms with Gasteiger partial charge in [0.15, 0.2) is 6.10 Å². The molecule has 0 saturated heterocycles. The number of carbonyl (C=O) groups excluding carboxylic acids is 2. The average Bonchev–Trinajstić information content (AvgIpc) is 2.29. The van der Waals surface area contributed by atoms with Crippen LogP contribution in [0.15, 0.2) is 24.3 Å². The number of carbonyl (C=O) groups is 2. The lowest BCUT2D eigenvalue weighted by Gasteiger charge is -2.12. The van der Waals surface area contributed by atoms with E-state index in [0.29, 0.717) is 11.4 Å². The van der Waals surface area contributed by atoms with Crippen LogP contribution in [0.2, 0.25) is 0 Å². The molecule has 0 aliphatic carbocycles. The lowest BCUT2D eigenvalue weighted by molar-refractivity contribution is -0.150. The Hall–Kier alpha value is -2.04. The van der Waals surface area contributed by atoms with E-state index >= 15 is 0 Å². The van der Waals surface area contributed by atoms with Crippen molar-refractivity contribution in [2.75, 3.05) is 12.4 Å². The van der Waals surface area contributed by atoms with Gasteiger partial charge in [0.25, 0.3) is 5.91 Å². The number of rotatable bonds is 4. The van der Waals surface area contributed by atoms with Crippen LogP contribution in [0, 0.1) is 0 Å². The highest BCUT2D eigenvalue weighted by Gasteiger charge is 2.15. The molecule has 1 aromatic rings. The maximum atomic E-state index is 11.6. The third-order valence-electron chi connectivity index (χ3n) is 2.07. The van der Waals surface area contributed by atoms with Crippen molar-refractivity contribution < 1.29 is 19.1 Å². The van der Waals surface area contributed by atoms with Crippen LogP contribution in [0.3, 0.4) is 0 Å². The molecular formula is C12H15NO4. The Morgan fingerprint density at radius 3 is 2.29 bits per heavy atom. The minimum absolute atomic E-state index is 0.370. The third kappa shape index (κ3) is 4.14. The van der Waals surface area contributed by atoms with Crippen LogP contribution in [0.25, 0.3) is 0 Å². The second-order valence-corrected chi connectivity index (χ2v) is 3.47. The van der Waals surface area contributed by atoms with Crippen molar-refractivity contribution in [2.24, 2.45) is 0 Å². The molecule has 0 fully saturated rings. The van der Waals surface area contributed by atoms with Crippen LogP contribution in [0.4, 0.5) is 5.69 Å². The predicted octanol–water partition coefficient (Wildman–Crippen LogP) is 1.59. The number of esters is 1. The molecule has 5 heteroatoms. The predicted molar refractivity (Wildman–Crippen MR) is 62.9 cm³/mol. The monoisotopic (exact) mass is 237 g/mol. The molecule has 0 aromatic heterocycles. The lowest BCUT2D eigenvalue weighted by Crippen LogP contribution is -2.29. The summed E-state index contributed by atoms with van der Waals surface area (Å²) in [4.78, 5) is 22.3. The van der Waals surface area contributed by atoms with Crippen molar-refractivity contribution in [2.45, 2.75) is 20.0 Å². The number of amides is 1. The Morgan fingerprint density at radius 1 is 1.24 bits per heavy atom. The number of anilines is 1. The van der Waals surface area contributed by atoms with Crippen molar-refractivity contribution in [1.82, 2.24) is 0 Å². The number of hydrogen-bond acceptors (Lipinski definition) is 4. The van der Waals surface area contributed by atoms with Gasteiger partial charge in [-0.2, -0.15) is 0 Å².